The van der Waals surface area contributed by atoms with Crippen molar-refractivity contribution in [3.8, 4) is 21.7 Å². The quantitative estimate of drug-likeness (QED) is 0.660. The predicted molar refractivity (Wildman–Crippen MR) is 102 cm³/mol. The lowest BCUT2D eigenvalue weighted by molar-refractivity contribution is 0.352. The smallest absolute Gasteiger partial charge is 0.124 e. The fourth-order valence-electron chi connectivity index (χ4n) is 3.22. The van der Waals surface area contributed by atoms with Crippen LogP contribution in [0, 0.1) is 6.92 Å². The van der Waals surface area contributed by atoms with Crippen molar-refractivity contribution < 1.29 is 0 Å². The first kappa shape index (κ1) is 15.6. The van der Waals surface area contributed by atoms with E-state index in [0.717, 1.165) is 29.2 Å². The van der Waals surface area contributed by atoms with Crippen LogP contribution in [0.4, 0.5) is 5.69 Å². The number of thiazole rings is 1. The van der Waals surface area contributed by atoms with Gasteiger partial charge in [0.15, 0.2) is 0 Å². The lowest BCUT2D eigenvalue weighted by Gasteiger charge is -2.13. The van der Waals surface area contributed by atoms with Crippen LogP contribution < -0.4 is 5.73 Å². The Kier molecular flexibility index (Phi) is 3.83. The first-order chi connectivity index (χ1) is 11.5. The first-order valence-electron chi connectivity index (χ1n) is 7.86. The lowest BCUT2D eigenvalue weighted by Crippen LogP contribution is -2.08. The average molecular weight is 356 g/mol. The second-order valence-corrected chi connectivity index (χ2v) is 7.71. The molecule has 0 fully saturated rings. The number of nitrogens with two attached hydrogens (primary N) is 1. The van der Waals surface area contributed by atoms with Crippen LogP contribution in [0.2, 0.25) is 5.02 Å². The Labute approximate surface area is 150 Å². The van der Waals surface area contributed by atoms with Gasteiger partial charge in [-0.05, 0) is 31.2 Å². The van der Waals surface area contributed by atoms with Gasteiger partial charge in [0, 0.05) is 29.1 Å². The van der Waals surface area contributed by atoms with E-state index in [9.17, 15) is 0 Å². The third kappa shape index (κ3) is 2.51. The summed E-state index contributed by atoms with van der Waals surface area (Å²) in [6, 6.07) is 12.1. The molecule has 1 aliphatic rings. The molecule has 0 saturated heterocycles. The third-order valence-corrected chi connectivity index (χ3v) is 6.03. The maximum absolute atomic E-state index is 6.43. The number of benzene rings is 2. The minimum Gasteiger partial charge on any atom is -0.398 e. The van der Waals surface area contributed by atoms with Crippen LogP contribution in [0.3, 0.4) is 0 Å². The summed E-state index contributed by atoms with van der Waals surface area (Å²) in [5.41, 5.74) is 12.2. The molecule has 0 spiro atoms. The number of fused-ring (bicyclic) bond motifs is 1. The summed E-state index contributed by atoms with van der Waals surface area (Å²) in [7, 11) is 2.13. The van der Waals surface area contributed by atoms with Crippen LogP contribution in [0.5, 0.6) is 0 Å². The zero-order chi connectivity index (χ0) is 16.8. The van der Waals surface area contributed by atoms with Gasteiger partial charge in [-0.3, -0.25) is 4.90 Å². The molecule has 0 unspecified atom stereocenters. The number of rotatable bonds is 2. The van der Waals surface area contributed by atoms with Crippen LogP contribution >= 0.6 is 22.9 Å². The van der Waals surface area contributed by atoms with Gasteiger partial charge in [0.05, 0.1) is 16.4 Å². The Morgan fingerprint density at radius 1 is 1.08 bits per heavy atom. The van der Waals surface area contributed by atoms with Gasteiger partial charge in [0.2, 0.25) is 0 Å². The van der Waals surface area contributed by atoms with E-state index in [0.29, 0.717) is 10.7 Å². The van der Waals surface area contributed by atoms with Gasteiger partial charge in [-0.25, -0.2) is 4.98 Å². The van der Waals surface area contributed by atoms with Gasteiger partial charge in [-0.1, -0.05) is 41.9 Å². The number of aromatic nitrogens is 1. The summed E-state index contributed by atoms with van der Waals surface area (Å²) in [6.07, 6.45) is 0. The topological polar surface area (TPSA) is 42.2 Å². The molecule has 1 aliphatic heterocycles. The number of nitrogens with zero attached hydrogens (tertiary/aromatic N) is 2. The Morgan fingerprint density at radius 2 is 1.79 bits per heavy atom. The maximum Gasteiger partial charge on any atom is 0.124 e. The first-order valence-corrected chi connectivity index (χ1v) is 9.05. The van der Waals surface area contributed by atoms with Crippen LogP contribution in [0.1, 0.15) is 16.1 Å². The van der Waals surface area contributed by atoms with E-state index in [1.165, 1.54) is 21.7 Å². The molecule has 4 rings (SSSR count). The van der Waals surface area contributed by atoms with Gasteiger partial charge in [-0.2, -0.15) is 0 Å². The Morgan fingerprint density at radius 3 is 2.58 bits per heavy atom. The molecule has 24 heavy (non-hydrogen) atoms. The molecule has 2 heterocycles. The highest BCUT2D eigenvalue weighted by Crippen LogP contribution is 2.39. The second kappa shape index (κ2) is 5.88. The van der Waals surface area contributed by atoms with Crippen LogP contribution in [0.25, 0.3) is 21.7 Å². The number of hydrogen-bond acceptors (Lipinski definition) is 4. The molecule has 1 aromatic heterocycles. The average Bonchev–Trinajstić information content (AvgIpc) is 3.08. The highest BCUT2D eigenvalue weighted by molar-refractivity contribution is 7.15. The summed E-state index contributed by atoms with van der Waals surface area (Å²) >= 11 is 8.23. The van der Waals surface area contributed by atoms with E-state index in [1.54, 1.807) is 11.3 Å². The van der Waals surface area contributed by atoms with Crippen molar-refractivity contribution in [2.24, 2.45) is 0 Å². The van der Waals surface area contributed by atoms with E-state index in [2.05, 4.69) is 37.1 Å². The molecule has 3 nitrogen and oxygen atoms in total. The molecular formula is C19H18ClN3S. The molecule has 0 saturated carbocycles. The maximum atomic E-state index is 6.43. The van der Waals surface area contributed by atoms with E-state index in [1.807, 2.05) is 18.2 Å². The Balaban J connectivity index is 1.82. The van der Waals surface area contributed by atoms with Crippen LogP contribution in [-0.4, -0.2) is 16.9 Å². The Bertz CT molecular complexity index is 909. The fraction of sp³-hybridized carbons (Fsp3) is 0.211. The van der Waals surface area contributed by atoms with E-state index in [4.69, 9.17) is 22.3 Å². The van der Waals surface area contributed by atoms with E-state index >= 15 is 0 Å². The van der Waals surface area contributed by atoms with Crippen molar-refractivity contribution in [3.05, 3.63) is 57.6 Å². The van der Waals surface area contributed by atoms with Gasteiger partial charge in [-0.15, -0.1) is 11.3 Å². The Hall–Kier alpha value is -1.88. The number of nitrogen functional groups attached to an aromatic ring is 1. The number of anilines is 1. The standard InChI is InChI=1S/C19H18ClN3S/c1-11-12(14-7-4-8-15(21)18(14)20)5-3-6-13(11)19-22-16-9-23(2)10-17(16)24-19/h3-8H,9-10,21H2,1-2H3. The van der Waals surface area contributed by atoms with E-state index < -0.39 is 0 Å². The third-order valence-electron chi connectivity index (χ3n) is 4.49. The van der Waals surface area contributed by atoms with Gasteiger partial charge in [0.1, 0.15) is 5.01 Å². The highest BCUT2D eigenvalue weighted by atomic mass is 35.5. The van der Waals surface area contributed by atoms with Gasteiger partial charge < -0.3 is 5.73 Å². The van der Waals surface area contributed by atoms with Crippen molar-refractivity contribution in [1.29, 1.82) is 0 Å². The van der Waals surface area contributed by atoms with Crippen molar-refractivity contribution in [3.63, 3.8) is 0 Å². The molecule has 2 aromatic carbocycles. The van der Waals surface area contributed by atoms with Gasteiger partial charge in [0.25, 0.3) is 0 Å². The van der Waals surface area contributed by atoms with Crippen LogP contribution in [-0.2, 0) is 13.1 Å². The van der Waals surface area contributed by atoms with E-state index in [-0.39, 0.29) is 0 Å². The lowest BCUT2D eigenvalue weighted by atomic mass is 9.96. The summed E-state index contributed by atoms with van der Waals surface area (Å²) in [5, 5.41) is 1.70. The zero-order valence-corrected chi connectivity index (χ0v) is 15.2. The molecule has 5 heteroatoms. The molecule has 0 aliphatic carbocycles. The summed E-state index contributed by atoms with van der Waals surface area (Å²) < 4.78 is 0. The molecular weight excluding hydrogens is 338 g/mol. The molecule has 0 atom stereocenters. The van der Waals surface area contributed by atoms with Crippen LogP contribution in [0.15, 0.2) is 36.4 Å². The van der Waals surface area contributed by atoms with Crippen molar-refractivity contribution in [1.82, 2.24) is 9.88 Å². The SMILES string of the molecule is Cc1c(-c2nc3c(s2)CN(C)C3)cccc1-c1cccc(N)c1Cl. The summed E-state index contributed by atoms with van der Waals surface area (Å²) in [4.78, 5) is 8.53. The minimum absolute atomic E-state index is 0.607. The summed E-state index contributed by atoms with van der Waals surface area (Å²) in [5.74, 6) is 0. The second-order valence-electron chi connectivity index (χ2n) is 6.25. The van der Waals surface area contributed by atoms with Crippen molar-refractivity contribution >= 4 is 28.6 Å². The summed E-state index contributed by atoms with van der Waals surface area (Å²) in [6.45, 7) is 4.06. The van der Waals surface area contributed by atoms with Crippen molar-refractivity contribution in [2.75, 3.05) is 12.8 Å². The molecule has 2 N–H and O–H groups in total. The minimum atomic E-state index is 0.607. The fourth-order valence-corrected chi connectivity index (χ4v) is 4.68. The monoisotopic (exact) mass is 355 g/mol. The largest absolute Gasteiger partial charge is 0.398 e. The van der Waals surface area contributed by atoms with Gasteiger partial charge >= 0.3 is 0 Å². The molecule has 0 radical (unpaired) electrons. The normalized spacial score (nSPS) is 14.1. The van der Waals surface area contributed by atoms with Crippen molar-refractivity contribution in [2.45, 2.75) is 20.0 Å². The highest BCUT2D eigenvalue weighted by Gasteiger charge is 2.22. The predicted octanol–water partition coefficient (Wildman–Crippen LogP) is 4.97. The zero-order valence-electron chi connectivity index (χ0n) is 13.6. The molecule has 0 amide bonds. The molecule has 0 bridgehead atoms. The molecule has 3 aromatic rings. The molecule has 122 valence electrons. The number of hydrogen-bond donors (Lipinski definition) is 1. The number of halogens is 1.